The number of benzene rings is 1. The van der Waals surface area contributed by atoms with Crippen molar-refractivity contribution in [3.63, 3.8) is 0 Å². The van der Waals surface area contributed by atoms with Crippen molar-refractivity contribution in [2.24, 2.45) is 0 Å². The molecule has 1 saturated carbocycles. The van der Waals surface area contributed by atoms with Gasteiger partial charge in [-0.1, -0.05) is 23.9 Å². The second-order valence-electron chi connectivity index (χ2n) is 7.14. The zero-order valence-corrected chi connectivity index (χ0v) is 16.0. The van der Waals surface area contributed by atoms with Gasteiger partial charge in [0.05, 0.1) is 23.5 Å². The first-order chi connectivity index (χ1) is 12.6. The molecule has 2 atom stereocenters. The fourth-order valence-electron chi connectivity index (χ4n) is 3.25. The number of thioether (sulfide) groups is 1. The second-order valence-corrected chi connectivity index (χ2v) is 8.08. The third-order valence-electron chi connectivity index (χ3n) is 4.60. The Morgan fingerprint density at radius 1 is 1.23 bits per heavy atom. The molecule has 2 aromatic rings. The molecule has 1 aliphatic heterocycles. The van der Waals surface area contributed by atoms with E-state index in [0.717, 1.165) is 16.7 Å². The predicted molar refractivity (Wildman–Crippen MR) is 103 cm³/mol. The number of nitrogens with zero attached hydrogens (tertiary/aromatic N) is 3. The van der Waals surface area contributed by atoms with Crippen LogP contribution in [0.5, 0.6) is 0 Å². The number of hydrogen-bond acceptors (Lipinski definition) is 6. The quantitative estimate of drug-likeness (QED) is 0.643. The SMILES string of the molecule is CC1CN(C(=O)CSc2nc(NC3CC3)c3ccccc3n2)CC(C)O1. The highest BCUT2D eigenvalue weighted by Crippen LogP contribution is 2.29. The highest BCUT2D eigenvalue weighted by molar-refractivity contribution is 7.99. The van der Waals surface area contributed by atoms with Gasteiger partial charge in [-0.15, -0.1) is 0 Å². The van der Waals surface area contributed by atoms with Crippen molar-refractivity contribution in [2.45, 2.75) is 50.1 Å². The monoisotopic (exact) mass is 372 g/mol. The Balaban J connectivity index is 1.47. The lowest BCUT2D eigenvalue weighted by Crippen LogP contribution is -2.48. The van der Waals surface area contributed by atoms with E-state index < -0.39 is 0 Å². The number of aromatic nitrogens is 2. The van der Waals surface area contributed by atoms with Crippen LogP contribution in [0.1, 0.15) is 26.7 Å². The summed E-state index contributed by atoms with van der Waals surface area (Å²) in [6.07, 6.45) is 2.54. The second kappa shape index (κ2) is 7.40. The van der Waals surface area contributed by atoms with Gasteiger partial charge in [-0.05, 0) is 38.8 Å². The summed E-state index contributed by atoms with van der Waals surface area (Å²) in [5.41, 5.74) is 0.911. The first-order valence-corrected chi connectivity index (χ1v) is 10.2. The van der Waals surface area contributed by atoms with Gasteiger partial charge in [0.15, 0.2) is 5.16 Å². The highest BCUT2D eigenvalue weighted by atomic mass is 32.2. The summed E-state index contributed by atoms with van der Waals surface area (Å²) in [7, 11) is 0. The number of ether oxygens (including phenoxy) is 1. The Morgan fingerprint density at radius 3 is 2.69 bits per heavy atom. The average molecular weight is 372 g/mol. The fourth-order valence-corrected chi connectivity index (χ4v) is 4.00. The van der Waals surface area contributed by atoms with Crippen molar-refractivity contribution in [2.75, 3.05) is 24.2 Å². The molecule has 1 N–H and O–H groups in total. The lowest BCUT2D eigenvalue weighted by atomic mass is 10.2. The lowest BCUT2D eigenvalue weighted by molar-refractivity contribution is -0.140. The van der Waals surface area contributed by atoms with E-state index in [1.165, 1.54) is 24.6 Å². The van der Waals surface area contributed by atoms with Gasteiger partial charge in [0, 0.05) is 24.5 Å². The number of carbonyl (C=O) groups excluding carboxylic acids is 1. The molecule has 1 amide bonds. The van der Waals surface area contributed by atoms with Crippen molar-refractivity contribution >= 4 is 34.4 Å². The number of para-hydroxylation sites is 1. The van der Waals surface area contributed by atoms with Crippen LogP contribution in [-0.4, -0.2) is 57.9 Å². The average Bonchev–Trinajstić information content (AvgIpc) is 3.43. The maximum Gasteiger partial charge on any atom is 0.233 e. The molecule has 2 heterocycles. The van der Waals surface area contributed by atoms with E-state index in [2.05, 4.69) is 15.3 Å². The lowest BCUT2D eigenvalue weighted by Gasteiger charge is -2.35. The van der Waals surface area contributed by atoms with Crippen LogP contribution in [0.4, 0.5) is 5.82 Å². The van der Waals surface area contributed by atoms with E-state index in [-0.39, 0.29) is 18.1 Å². The molecular weight excluding hydrogens is 348 g/mol. The summed E-state index contributed by atoms with van der Waals surface area (Å²) in [5.74, 6) is 1.34. The Bertz CT molecular complexity index is 801. The molecule has 4 rings (SSSR count). The van der Waals surface area contributed by atoms with Crippen LogP contribution in [0, 0.1) is 0 Å². The van der Waals surface area contributed by atoms with Crippen LogP contribution in [0.15, 0.2) is 29.4 Å². The number of hydrogen-bond donors (Lipinski definition) is 1. The predicted octanol–water partition coefficient (Wildman–Crippen LogP) is 2.93. The minimum atomic E-state index is 0.0824. The van der Waals surface area contributed by atoms with E-state index in [1.54, 1.807) is 0 Å². The normalized spacial score (nSPS) is 23.2. The van der Waals surface area contributed by atoms with Crippen LogP contribution < -0.4 is 5.32 Å². The van der Waals surface area contributed by atoms with Crippen LogP contribution in [0.3, 0.4) is 0 Å². The van der Waals surface area contributed by atoms with E-state index in [9.17, 15) is 4.79 Å². The molecule has 6 nitrogen and oxygen atoms in total. The zero-order chi connectivity index (χ0) is 18.1. The maximum atomic E-state index is 12.6. The highest BCUT2D eigenvalue weighted by Gasteiger charge is 2.26. The molecule has 1 aromatic heterocycles. The number of anilines is 1. The van der Waals surface area contributed by atoms with E-state index in [4.69, 9.17) is 4.74 Å². The molecule has 0 bridgehead atoms. The molecular formula is C19H24N4O2S. The molecule has 2 fully saturated rings. The van der Waals surface area contributed by atoms with Gasteiger partial charge in [-0.2, -0.15) is 0 Å². The molecule has 2 aliphatic rings. The Hall–Kier alpha value is -1.86. The first-order valence-electron chi connectivity index (χ1n) is 9.18. The smallest absolute Gasteiger partial charge is 0.233 e. The number of fused-ring (bicyclic) bond motifs is 1. The minimum absolute atomic E-state index is 0.0824. The Morgan fingerprint density at radius 2 is 1.96 bits per heavy atom. The third kappa shape index (κ3) is 4.10. The third-order valence-corrected chi connectivity index (χ3v) is 5.43. The van der Waals surface area contributed by atoms with Crippen molar-refractivity contribution in [1.29, 1.82) is 0 Å². The van der Waals surface area contributed by atoms with E-state index >= 15 is 0 Å². The largest absolute Gasteiger partial charge is 0.372 e. The van der Waals surface area contributed by atoms with Gasteiger partial charge >= 0.3 is 0 Å². The number of morpholine rings is 1. The van der Waals surface area contributed by atoms with E-state index in [1.807, 2.05) is 43.0 Å². The molecule has 1 saturated heterocycles. The fraction of sp³-hybridized carbons (Fsp3) is 0.526. The molecule has 2 unspecified atom stereocenters. The van der Waals surface area contributed by atoms with Crippen molar-refractivity contribution in [1.82, 2.24) is 14.9 Å². The molecule has 1 aliphatic carbocycles. The number of nitrogens with one attached hydrogen (secondary N) is 1. The first kappa shape index (κ1) is 17.5. The maximum absolute atomic E-state index is 12.6. The van der Waals surface area contributed by atoms with Crippen molar-refractivity contribution in [3.05, 3.63) is 24.3 Å². The van der Waals surface area contributed by atoms with Gasteiger partial charge in [-0.3, -0.25) is 4.79 Å². The van der Waals surface area contributed by atoms with Gasteiger partial charge < -0.3 is 15.0 Å². The summed E-state index contributed by atoms with van der Waals surface area (Å²) < 4.78 is 5.70. The van der Waals surface area contributed by atoms with Crippen LogP contribution in [-0.2, 0) is 9.53 Å². The van der Waals surface area contributed by atoms with Crippen molar-refractivity contribution in [3.8, 4) is 0 Å². The number of rotatable bonds is 5. The molecule has 7 heteroatoms. The topological polar surface area (TPSA) is 67.4 Å². The zero-order valence-electron chi connectivity index (χ0n) is 15.1. The standard InChI is InChI=1S/C19H24N4O2S/c1-12-9-23(10-13(2)25-12)17(24)11-26-19-21-16-6-4-3-5-15(16)18(22-19)20-14-7-8-14/h3-6,12-14H,7-11H2,1-2H3,(H,20,21,22). The molecule has 0 spiro atoms. The summed E-state index contributed by atoms with van der Waals surface area (Å²) in [5, 5.41) is 5.17. The Kier molecular flexibility index (Phi) is 5.00. The molecule has 0 radical (unpaired) electrons. The molecule has 26 heavy (non-hydrogen) atoms. The number of carbonyl (C=O) groups is 1. The summed E-state index contributed by atoms with van der Waals surface area (Å²) in [6.45, 7) is 5.31. The van der Waals surface area contributed by atoms with Crippen LogP contribution in [0.2, 0.25) is 0 Å². The Labute approximate surface area is 157 Å². The molecule has 138 valence electrons. The minimum Gasteiger partial charge on any atom is -0.372 e. The van der Waals surface area contributed by atoms with Crippen molar-refractivity contribution < 1.29 is 9.53 Å². The summed E-state index contributed by atoms with van der Waals surface area (Å²) in [4.78, 5) is 23.8. The van der Waals surface area contributed by atoms with Crippen LogP contribution >= 0.6 is 11.8 Å². The van der Waals surface area contributed by atoms with Gasteiger partial charge in [-0.25, -0.2) is 9.97 Å². The van der Waals surface area contributed by atoms with Gasteiger partial charge in [0.25, 0.3) is 0 Å². The van der Waals surface area contributed by atoms with Gasteiger partial charge in [0.1, 0.15) is 5.82 Å². The molecule has 1 aromatic carbocycles. The van der Waals surface area contributed by atoms with Crippen LogP contribution in [0.25, 0.3) is 10.9 Å². The summed E-state index contributed by atoms with van der Waals surface area (Å²) in [6, 6.07) is 8.53. The summed E-state index contributed by atoms with van der Waals surface area (Å²) >= 11 is 1.41. The number of amides is 1. The van der Waals surface area contributed by atoms with E-state index in [0.29, 0.717) is 30.0 Å². The van der Waals surface area contributed by atoms with Gasteiger partial charge in [0.2, 0.25) is 5.91 Å².